The number of carbonyl (C=O) groups is 1. The van der Waals surface area contributed by atoms with E-state index in [2.05, 4.69) is 4.74 Å². The zero-order valence-electron chi connectivity index (χ0n) is 5.30. The zero-order valence-corrected chi connectivity index (χ0v) is 6.05. The van der Waals surface area contributed by atoms with Crippen LogP contribution in [0.15, 0.2) is 0 Å². The van der Waals surface area contributed by atoms with Gasteiger partial charge in [-0.25, -0.2) is 0 Å². The van der Waals surface area contributed by atoms with Crippen molar-refractivity contribution in [2.45, 2.75) is 18.4 Å². The molecule has 1 N–H and O–H groups in total. The van der Waals surface area contributed by atoms with Gasteiger partial charge >= 0.3 is 5.97 Å². The Balaban J connectivity index is 3.72. The van der Waals surface area contributed by atoms with E-state index >= 15 is 0 Å². The fourth-order valence-corrected chi connectivity index (χ4v) is 0.399. The van der Waals surface area contributed by atoms with E-state index in [1.54, 1.807) is 0 Å². The van der Waals surface area contributed by atoms with Crippen LogP contribution in [0.3, 0.4) is 0 Å². The Morgan fingerprint density at radius 2 is 2.22 bits per heavy atom. The summed E-state index contributed by atoms with van der Waals surface area (Å²) >= 11 is 5.34. The van der Waals surface area contributed by atoms with Crippen molar-refractivity contribution in [3.8, 4) is 0 Å². The first-order chi connectivity index (χ1) is 4.09. The van der Waals surface area contributed by atoms with Crippen LogP contribution >= 0.6 is 11.6 Å². The molecule has 2 atom stereocenters. The molecule has 0 bridgehead atoms. The molecule has 0 aliphatic rings. The third-order valence-electron chi connectivity index (χ3n) is 0.850. The van der Waals surface area contributed by atoms with Crippen molar-refractivity contribution in [3.05, 3.63) is 0 Å². The highest BCUT2D eigenvalue weighted by Crippen LogP contribution is 2.03. The van der Waals surface area contributed by atoms with E-state index in [1.165, 1.54) is 14.0 Å². The van der Waals surface area contributed by atoms with Crippen LogP contribution in [0.5, 0.6) is 0 Å². The Kier molecular flexibility index (Phi) is 3.58. The number of hydrogen-bond donors (Lipinski definition) is 1. The summed E-state index contributed by atoms with van der Waals surface area (Å²) in [6, 6.07) is 0. The maximum absolute atomic E-state index is 10.4. The van der Waals surface area contributed by atoms with Crippen molar-refractivity contribution in [2.24, 2.45) is 0 Å². The molecule has 0 aliphatic heterocycles. The van der Waals surface area contributed by atoms with Crippen LogP contribution in [-0.2, 0) is 9.53 Å². The van der Waals surface area contributed by atoms with Gasteiger partial charge in [0.05, 0.1) is 13.2 Å². The normalized spacial score (nSPS) is 16.4. The first-order valence-electron chi connectivity index (χ1n) is 2.49. The van der Waals surface area contributed by atoms with Crippen molar-refractivity contribution in [1.29, 1.82) is 0 Å². The monoisotopic (exact) mass is 152 g/mol. The summed E-state index contributed by atoms with van der Waals surface area (Å²) in [7, 11) is 1.22. The van der Waals surface area contributed by atoms with Crippen molar-refractivity contribution in [1.82, 2.24) is 0 Å². The van der Waals surface area contributed by atoms with Gasteiger partial charge in [0.15, 0.2) is 5.38 Å². The van der Waals surface area contributed by atoms with Gasteiger partial charge in [-0.15, -0.1) is 11.6 Å². The second-order valence-electron chi connectivity index (χ2n) is 1.67. The highest BCUT2D eigenvalue weighted by molar-refractivity contribution is 6.30. The van der Waals surface area contributed by atoms with Crippen LogP contribution in [0.25, 0.3) is 0 Å². The number of aliphatic hydroxyl groups excluding tert-OH is 1. The maximum Gasteiger partial charge on any atom is 0.326 e. The molecule has 54 valence electrons. The number of esters is 1. The molecular formula is C5H9ClO3. The summed E-state index contributed by atoms with van der Waals surface area (Å²) in [5.74, 6) is -0.605. The van der Waals surface area contributed by atoms with E-state index in [4.69, 9.17) is 16.7 Å². The van der Waals surface area contributed by atoms with Crippen LogP contribution in [0, 0.1) is 0 Å². The lowest BCUT2D eigenvalue weighted by molar-refractivity contribution is -0.142. The molecule has 0 radical (unpaired) electrons. The SMILES string of the molecule is COC(=O)[C@@H](Cl)[C@H](C)O. The van der Waals surface area contributed by atoms with Crippen LogP contribution in [0.2, 0.25) is 0 Å². The number of hydrogen-bond acceptors (Lipinski definition) is 3. The van der Waals surface area contributed by atoms with E-state index in [9.17, 15) is 4.79 Å². The lowest BCUT2D eigenvalue weighted by Gasteiger charge is -2.08. The predicted octanol–water partition coefficient (Wildman–Crippen LogP) is 0.148. The summed E-state index contributed by atoms with van der Waals surface area (Å²) in [6.45, 7) is 1.43. The molecule has 9 heavy (non-hydrogen) atoms. The number of carbonyl (C=O) groups excluding carboxylic acids is 1. The minimum atomic E-state index is -0.949. The molecule has 0 aromatic rings. The standard InChI is InChI=1S/C5H9ClO3/c1-3(7)4(6)5(8)9-2/h3-4,7H,1-2H3/t3-,4-/m0/s1. The quantitative estimate of drug-likeness (QED) is 0.453. The number of ether oxygens (including phenoxy) is 1. The number of methoxy groups -OCH3 is 1. The molecule has 0 aromatic heterocycles. The molecule has 0 unspecified atom stereocenters. The molecule has 0 rings (SSSR count). The molecule has 0 amide bonds. The van der Waals surface area contributed by atoms with Crippen LogP contribution < -0.4 is 0 Å². The smallest absolute Gasteiger partial charge is 0.326 e. The average molecular weight is 153 g/mol. The number of alkyl halides is 1. The molecule has 4 heteroatoms. The van der Waals surface area contributed by atoms with Crippen molar-refractivity contribution < 1.29 is 14.6 Å². The third-order valence-corrected chi connectivity index (χ3v) is 1.39. The summed E-state index contributed by atoms with van der Waals surface area (Å²) < 4.78 is 4.24. The minimum Gasteiger partial charge on any atom is -0.468 e. The van der Waals surface area contributed by atoms with E-state index in [-0.39, 0.29) is 0 Å². The lowest BCUT2D eigenvalue weighted by atomic mass is 10.3. The number of aliphatic hydroxyl groups is 1. The van der Waals surface area contributed by atoms with Gasteiger partial charge in [0.1, 0.15) is 0 Å². The predicted molar refractivity (Wildman–Crippen MR) is 33.3 cm³/mol. The molecule has 0 saturated carbocycles. The van der Waals surface area contributed by atoms with Crippen molar-refractivity contribution >= 4 is 17.6 Å². The minimum absolute atomic E-state index is 0.605. The summed E-state index contributed by atoms with van der Waals surface area (Å²) in [4.78, 5) is 10.4. The Bertz CT molecular complexity index is 102. The summed E-state index contributed by atoms with van der Waals surface area (Å²) in [6.07, 6.45) is -0.862. The first kappa shape index (κ1) is 8.72. The van der Waals surface area contributed by atoms with Gasteiger partial charge in [-0.3, -0.25) is 4.79 Å². The molecule has 0 spiro atoms. The highest BCUT2D eigenvalue weighted by Gasteiger charge is 2.20. The molecule has 0 saturated heterocycles. The van der Waals surface area contributed by atoms with Gasteiger partial charge in [-0.2, -0.15) is 0 Å². The zero-order chi connectivity index (χ0) is 7.44. The van der Waals surface area contributed by atoms with Crippen LogP contribution in [0.4, 0.5) is 0 Å². The van der Waals surface area contributed by atoms with Gasteiger partial charge in [-0.1, -0.05) is 0 Å². The molecule has 0 heterocycles. The third kappa shape index (κ3) is 2.67. The Morgan fingerprint density at radius 3 is 2.33 bits per heavy atom. The molecule has 3 nitrogen and oxygen atoms in total. The molecule has 0 aromatic carbocycles. The maximum atomic E-state index is 10.4. The summed E-state index contributed by atoms with van der Waals surface area (Å²) in [5.41, 5.74) is 0. The average Bonchev–Trinajstić information content (AvgIpc) is 1.84. The highest BCUT2D eigenvalue weighted by atomic mass is 35.5. The van der Waals surface area contributed by atoms with Gasteiger partial charge in [0, 0.05) is 0 Å². The summed E-state index contributed by atoms with van der Waals surface area (Å²) in [5, 5.41) is 7.74. The van der Waals surface area contributed by atoms with E-state index in [0.29, 0.717) is 0 Å². The van der Waals surface area contributed by atoms with E-state index < -0.39 is 17.5 Å². The molecule has 0 aliphatic carbocycles. The van der Waals surface area contributed by atoms with Gasteiger partial charge in [0.25, 0.3) is 0 Å². The van der Waals surface area contributed by atoms with E-state index in [0.717, 1.165) is 0 Å². The first-order valence-corrected chi connectivity index (χ1v) is 2.93. The van der Waals surface area contributed by atoms with Gasteiger partial charge in [-0.05, 0) is 6.92 Å². The van der Waals surface area contributed by atoms with Gasteiger partial charge in [0.2, 0.25) is 0 Å². The van der Waals surface area contributed by atoms with Gasteiger partial charge < -0.3 is 9.84 Å². The molecule has 0 fully saturated rings. The Morgan fingerprint density at radius 1 is 1.78 bits per heavy atom. The second-order valence-corrected chi connectivity index (χ2v) is 2.14. The lowest BCUT2D eigenvalue weighted by Crippen LogP contribution is -2.27. The topological polar surface area (TPSA) is 46.5 Å². The van der Waals surface area contributed by atoms with Crippen LogP contribution in [0.1, 0.15) is 6.92 Å². The van der Waals surface area contributed by atoms with Crippen molar-refractivity contribution in [2.75, 3.05) is 7.11 Å². The Hall–Kier alpha value is -0.280. The van der Waals surface area contributed by atoms with Crippen molar-refractivity contribution in [3.63, 3.8) is 0 Å². The van der Waals surface area contributed by atoms with E-state index in [1.807, 2.05) is 0 Å². The molecular weight excluding hydrogens is 144 g/mol. The number of rotatable bonds is 2. The fourth-order valence-electron chi connectivity index (χ4n) is 0.310. The number of halogens is 1. The van der Waals surface area contributed by atoms with Crippen LogP contribution in [-0.4, -0.2) is 29.7 Å². The second kappa shape index (κ2) is 3.69. The fraction of sp³-hybridized carbons (Fsp3) is 0.800. The Labute approximate surface area is 58.6 Å². The largest absolute Gasteiger partial charge is 0.468 e.